The van der Waals surface area contributed by atoms with Gasteiger partial charge in [-0.1, -0.05) is 41.6 Å². The SMILES string of the molecule is CCOc1cc(/C=C2\SC(=S)N(C)C2=O)ccc1OCCOc1ccc(Cl)c(C)c1. The molecular formula is C22H22ClNO4S2. The van der Waals surface area contributed by atoms with Crippen LogP contribution in [0.4, 0.5) is 0 Å². The fourth-order valence-corrected chi connectivity index (χ4v) is 4.01. The summed E-state index contributed by atoms with van der Waals surface area (Å²) in [7, 11) is 1.68. The van der Waals surface area contributed by atoms with Crippen molar-refractivity contribution in [2.24, 2.45) is 0 Å². The van der Waals surface area contributed by atoms with Crippen LogP contribution in [0.3, 0.4) is 0 Å². The van der Waals surface area contributed by atoms with Crippen LogP contribution in [-0.2, 0) is 4.79 Å². The number of halogens is 1. The van der Waals surface area contributed by atoms with Gasteiger partial charge in [-0.2, -0.15) is 0 Å². The third kappa shape index (κ3) is 5.47. The zero-order valence-corrected chi connectivity index (χ0v) is 19.3. The van der Waals surface area contributed by atoms with Crippen molar-refractivity contribution < 1.29 is 19.0 Å². The first-order valence-electron chi connectivity index (χ1n) is 9.39. The van der Waals surface area contributed by atoms with E-state index in [2.05, 4.69) is 0 Å². The fourth-order valence-electron chi connectivity index (χ4n) is 2.72. The summed E-state index contributed by atoms with van der Waals surface area (Å²) in [6, 6.07) is 11.1. The molecule has 1 aliphatic rings. The van der Waals surface area contributed by atoms with E-state index in [4.69, 9.17) is 38.0 Å². The minimum absolute atomic E-state index is 0.0992. The second-order valence-electron chi connectivity index (χ2n) is 6.49. The van der Waals surface area contributed by atoms with E-state index in [1.807, 2.05) is 50.2 Å². The summed E-state index contributed by atoms with van der Waals surface area (Å²) >= 11 is 12.5. The number of rotatable bonds is 8. The van der Waals surface area contributed by atoms with E-state index >= 15 is 0 Å². The third-order valence-corrected chi connectivity index (χ3v) is 6.20. The number of thiocarbonyl (C=S) groups is 1. The normalized spacial score (nSPS) is 15.1. The van der Waals surface area contributed by atoms with Gasteiger partial charge in [0.15, 0.2) is 11.5 Å². The van der Waals surface area contributed by atoms with Gasteiger partial charge in [0, 0.05) is 12.1 Å². The highest BCUT2D eigenvalue weighted by Gasteiger charge is 2.28. The van der Waals surface area contributed by atoms with E-state index in [0.29, 0.717) is 45.6 Å². The van der Waals surface area contributed by atoms with Gasteiger partial charge in [-0.05, 0) is 61.4 Å². The van der Waals surface area contributed by atoms with Crippen LogP contribution in [0, 0.1) is 6.92 Å². The van der Waals surface area contributed by atoms with Crippen molar-refractivity contribution in [3.63, 3.8) is 0 Å². The summed E-state index contributed by atoms with van der Waals surface area (Å²) in [6.07, 6.45) is 1.81. The number of hydrogen-bond donors (Lipinski definition) is 0. The Bertz CT molecular complexity index is 993. The van der Waals surface area contributed by atoms with Gasteiger partial charge in [0.25, 0.3) is 5.91 Å². The largest absolute Gasteiger partial charge is 0.490 e. The van der Waals surface area contributed by atoms with Crippen LogP contribution in [0.5, 0.6) is 17.2 Å². The Morgan fingerprint density at radius 3 is 2.53 bits per heavy atom. The molecule has 3 rings (SSSR count). The van der Waals surface area contributed by atoms with Gasteiger partial charge >= 0.3 is 0 Å². The van der Waals surface area contributed by atoms with E-state index < -0.39 is 0 Å². The molecule has 1 heterocycles. The van der Waals surface area contributed by atoms with E-state index in [1.165, 1.54) is 16.7 Å². The van der Waals surface area contributed by atoms with Crippen LogP contribution >= 0.6 is 35.6 Å². The molecule has 0 N–H and O–H groups in total. The number of likely N-dealkylation sites (N-methyl/N-ethyl adjacent to an activating group) is 1. The van der Waals surface area contributed by atoms with Gasteiger partial charge in [0.05, 0.1) is 11.5 Å². The fraction of sp³-hybridized carbons (Fsp3) is 0.273. The monoisotopic (exact) mass is 463 g/mol. The molecular weight excluding hydrogens is 442 g/mol. The molecule has 0 aliphatic carbocycles. The minimum Gasteiger partial charge on any atom is -0.490 e. The molecule has 2 aromatic carbocycles. The third-order valence-electron chi connectivity index (χ3n) is 4.29. The topological polar surface area (TPSA) is 48.0 Å². The molecule has 0 saturated carbocycles. The zero-order chi connectivity index (χ0) is 21.7. The van der Waals surface area contributed by atoms with Crippen LogP contribution in [0.2, 0.25) is 5.02 Å². The Balaban J connectivity index is 1.64. The molecule has 1 amide bonds. The Labute approximate surface area is 190 Å². The van der Waals surface area contributed by atoms with Crippen LogP contribution in [0.15, 0.2) is 41.3 Å². The van der Waals surface area contributed by atoms with E-state index in [-0.39, 0.29) is 5.91 Å². The van der Waals surface area contributed by atoms with Crippen molar-refractivity contribution in [2.45, 2.75) is 13.8 Å². The second-order valence-corrected chi connectivity index (χ2v) is 8.57. The average molecular weight is 464 g/mol. The summed E-state index contributed by atoms with van der Waals surface area (Å²) in [5.41, 5.74) is 1.80. The quantitative estimate of drug-likeness (QED) is 0.299. The second kappa shape index (κ2) is 10.2. The maximum absolute atomic E-state index is 12.2. The average Bonchev–Trinajstić information content (AvgIpc) is 2.96. The van der Waals surface area contributed by atoms with Crippen LogP contribution < -0.4 is 14.2 Å². The predicted molar refractivity (Wildman–Crippen MR) is 126 cm³/mol. The van der Waals surface area contributed by atoms with E-state index in [0.717, 1.165) is 16.9 Å². The highest BCUT2D eigenvalue weighted by atomic mass is 35.5. The van der Waals surface area contributed by atoms with E-state index in [9.17, 15) is 4.79 Å². The Morgan fingerprint density at radius 1 is 1.10 bits per heavy atom. The molecule has 0 bridgehead atoms. The summed E-state index contributed by atoms with van der Waals surface area (Å²) in [5.74, 6) is 1.88. The van der Waals surface area contributed by atoms with Crippen molar-refractivity contribution in [3.05, 3.63) is 57.5 Å². The number of nitrogens with zero attached hydrogens (tertiary/aromatic N) is 1. The van der Waals surface area contributed by atoms with Crippen LogP contribution in [0.1, 0.15) is 18.1 Å². The van der Waals surface area contributed by atoms with Crippen molar-refractivity contribution in [1.29, 1.82) is 0 Å². The van der Waals surface area contributed by atoms with Crippen LogP contribution in [-0.4, -0.2) is 42.0 Å². The molecule has 158 valence electrons. The van der Waals surface area contributed by atoms with E-state index in [1.54, 1.807) is 13.1 Å². The van der Waals surface area contributed by atoms with Gasteiger partial charge in [-0.15, -0.1) is 0 Å². The van der Waals surface area contributed by atoms with Gasteiger partial charge in [-0.25, -0.2) is 0 Å². The molecule has 30 heavy (non-hydrogen) atoms. The van der Waals surface area contributed by atoms with Gasteiger partial charge in [0.2, 0.25) is 0 Å². The van der Waals surface area contributed by atoms with Crippen molar-refractivity contribution in [2.75, 3.05) is 26.9 Å². The first-order chi connectivity index (χ1) is 14.4. The maximum atomic E-state index is 12.2. The lowest BCUT2D eigenvalue weighted by Gasteiger charge is -2.13. The van der Waals surface area contributed by atoms with Gasteiger partial charge < -0.3 is 14.2 Å². The number of aryl methyl sites for hydroxylation is 1. The number of hydrogen-bond acceptors (Lipinski definition) is 6. The first-order valence-corrected chi connectivity index (χ1v) is 11.0. The predicted octanol–water partition coefficient (Wildman–Crippen LogP) is 5.34. The number of benzene rings is 2. The summed E-state index contributed by atoms with van der Waals surface area (Å²) in [4.78, 5) is 14.3. The van der Waals surface area contributed by atoms with Crippen molar-refractivity contribution >= 4 is 51.9 Å². The molecule has 0 atom stereocenters. The molecule has 1 saturated heterocycles. The molecule has 0 aromatic heterocycles. The first kappa shape index (κ1) is 22.5. The molecule has 1 fully saturated rings. The standard InChI is InChI=1S/C22H22ClNO4S2/c1-4-26-19-12-15(13-20-21(25)24(3)22(29)30-20)5-8-18(19)28-10-9-27-16-6-7-17(23)14(2)11-16/h5-8,11-13H,4,9-10H2,1-3H3/b20-13-. The number of ether oxygens (including phenoxy) is 3. The molecule has 2 aromatic rings. The Hall–Kier alpha value is -2.22. The maximum Gasteiger partial charge on any atom is 0.265 e. The lowest BCUT2D eigenvalue weighted by atomic mass is 10.2. The molecule has 5 nitrogen and oxygen atoms in total. The van der Waals surface area contributed by atoms with Gasteiger partial charge in [-0.3, -0.25) is 9.69 Å². The molecule has 0 radical (unpaired) electrons. The Kier molecular flexibility index (Phi) is 7.64. The van der Waals surface area contributed by atoms with Crippen molar-refractivity contribution in [1.82, 2.24) is 4.90 Å². The molecule has 1 aliphatic heterocycles. The molecule has 0 spiro atoms. The molecule has 8 heteroatoms. The lowest BCUT2D eigenvalue weighted by molar-refractivity contribution is -0.121. The smallest absolute Gasteiger partial charge is 0.265 e. The highest BCUT2D eigenvalue weighted by Crippen LogP contribution is 2.34. The lowest BCUT2D eigenvalue weighted by Crippen LogP contribution is -2.22. The number of carbonyl (C=O) groups is 1. The van der Waals surface area contributed by atoms with Crippen LogP contribution in [0.25, 0.3) is 6.08 Å². The summed E-state index contributed by atoms with van der Waals surface area (Å²) < 4.78 is 17.8. The zero-order valence-electron chi connectivity index (χ0n) is 16.9. The number of carbonyl (C=O) groups excluding carboxylic acids is 1. The minimum atomic E-state index is -0.0992. The molecule has 0 unspecified atom stereocenters. The van der Waals surface area contributed by atoms with Gasteiger partial charge in [0.1, 0.15) is 23.3 Å². The summed E-state index contributed by atoms with van der Waals surface area (Å²) in [5, 5.41) is 0.709. The highest BCUT2D eigenvalue weighted by molar-refractivity contribution is 8.26. The number of thioether (sulfide) groups is 1. The Morgan fingerprint density at radius 2 is 1.87 bits per heavy atom. The number of amides is 1. The summed E-state index contributed by atoms with van der Waals surface area (Å²) in [6.45, 7) is 5.07. The van der Waals surface area contributed by atoms with Crippen molar-refractivity contribution in [3.8, 4) is 17.2 Å².